The zero-order chi connectivity index (χ0) is 20.7. The third-order valence-corrected chi connectivity index (χ3v) is 5.66. The van der Waals surface area contributed by atoms with Crippen LogP contribution in [0.2, 0.25) is 0 Å². The lowest BCUT2D eigenvalue weighted by atomic mass is 9.53. The van der Waals surface area contributed by atoms with E-state index in [4.69, 9.17) is 14.9 Å². The summed E-state index contributed by atoms with van der Waals surface area (Å²) in [4.78, 5) is 11.2. The minimum absolute atomic E-state index is 0.230. The molecule has 3 rings (SSSR count). The molecule has 2 bridgehead atoms. The van der Waals surface area contributed by atoms with E-state index in [-0.39, 0.29) is 5.91 Å². The highest BCUT2D eigenvalue weighted by Gasteiger charge is 2.78. The van der Waals surface area contributed by atoms with Gasteiger partial charge >= 0.3 is 0 Å². The number of nitriles is 3. The lowest BCUT2D eigenvalue weighted by Crippen LogP contribution is -2.58. The second kappa shape index (κ2) is 6.34. The van der Waals surface area contributed by atoms with Crippen LogP contribution in [0.3, 0.4) is 0 Å². The highest BCUT2D eigenvalue weighted by Crippen LogP contribution is 2.67. The average Bonchev–Trinajstić information content (AvgIpc) is 2.84. The standard InChI is InChI=1S/C20H19N5O3/c1-4-15-18(3)27-16(13-5-7-14(8-6-13)25-12(2)26)19(9-21,10-22)20(15,11-23)17(24)28-18/h5-8,15-16,24H,4H2,1-3H3,(H,25,26). The molecule has 8 heteroatoms. The molecule has 2 saturated heterocycles. The molecule has 28 heavy (non-hydrogen) atoms. The predicted molar refractivity (Wildman–Crippen MR) is 97.3 cm³/mol. The van der Waals surface area contributed by atoms with Crippen molar-refractivity contribution in [1.29, 1.82) is 21.2 Å². The van der Waals surface area contributed by atoms with Gasteiger partial charge in [-0.1, -0.05) is 19.1 Å². The van der Waals surface area contributed by atoms with Gasteiger partial charge < -0.3 is 14.8 Å². The smallest absolute Gasteiger partial charge is 0.221 e. The molecule has 142 valence electrons. The van der Waals surface area contributed by atoms with Crippen molar-refractivity contribution >= 4 is 17.5 Å². The topological polar surface area (TPSA) is 143 Å². The van der Waals surface area contributed by atoms with Gasteiger partial charge in [0.05, 0.1) is 24.1 Å². The summed E-state index contributed by atoms with van der Waals surface area (Å²) in [7, 11) is 0. The largest absolute Gasteiger partial charge is 0.448 e. The Balaban J connectivity index is 2.20. The number of anilines is 1. The van der Waals surface area contributed by atoms with Crippen molar-refractivity contribution in [1.82, 2.24) is 0 Å². The molecule has 4 atom stereocenters. The van der Waals surface area contributed by atoms with Crippen LogP contribution in [0.15, 0.2) is 24.3 Å². The fourth-order valence-electron chi connectivity index (χ4n) is 4.47. The van der Waals surface area contributed by atoms with Crippen LogP contribution in [-0.4, -0.2) is 17.6 Å². The third kappa shape index (κ3) is 2.24. The predicted octanol–water partition coefficient (Wildman–Crippen LogP) is 3.01. The van der Waals surface area contributed by atoms with Crippen LogP contribution in [0.4, 0.5) is 5.69 Å². The number of ether oxygens (including phenoxy) is 2. The van der Waals surface area contributed by atoms with Gasteiger partial charge in [-0.3, -0.25) is 10.2 Å². The van der Waals surface area contributed by atoms with Gasteiger partial charge in [-0.25, -0.2) is 0 Å². The summed E-state index contributed by atoms with van der Waals surface area (Å²) in [5.41, 5.74) is -2.69. The molecular weight excluding hydrogens is 358 g/mol. The molecule has 0 radical (unpaired) electrons. The summed E-state index contributed by atoms with van der Waals surface area (Å²) in [5.74, 6) is -2.59. The summed E-state index contributed by atoms with van der Waals surface area (Å²) in [6.45, 7) is 4.83. The quantitative estimate of drug-likeness (QED) is 0.829. The van der Waals surface area contributed by atoms with Crippen molar-refractivity contribution < 1.29 is 14.3 Å². The maximum atomic E-state index is 11.2. The van der Waals surface area contributed by atoms with Crippen molar-refractivity contribution in [3.63, 3.8) is 0 Å². The Hall–Kier alpha value is -3.41. The van der Waals surface area contributed by atoms with Crippen molar-refractivity contribution in [2.24, 2.45) is 16.7 Å². The second-order valence-corrected chi connectivity index (χ2v) is 7.16. The zero-order valence-electron chi connectivity index (χ0n) is 15.7. The lowest BCUT2D eigenvalue weighted by Gasteiger charge is -2.48. The van der Waals surface area contributed by atoms with E-state index in [1.54, 1.807) is 31.2 Å². The van der Waals surface area contributed by atoms with E-state index in [0.29, 0.717) is 17.7 Å². The number of rotatable bonds is 3. The minimum Gasteiger partial charge on any atom is -0.448 e. The molecule has 1 amide bonds. The van der Waals surface area contributed by atoms with Crippen LogP contribution in [0.1, 0.15) is 38.9 Å². The number of nitrogens with zero attached hydrogens (tertiary/aromatic N) is 3. The molecule has 2 N–H and O–H groups in total. The van der Waals surface area contributed by atoms with Gasteiger partial charge in [0.15, 0.2) is 5.41 Å². The zero-order valence-corrected chi connectivity index (χ0v) is 15.7. The SMILES string of the molecule is CCC1C2(C)OC(=N)C1(C#N)C(C#N)(C#N)C(c1ccc(NC(C)=O)cc1)O2. The Morgan fingerprint density at radius 3 is 2.29 bits per heavy atom. The van der Waals surface area contributed by atoms with Crippen LogP contribution in [0, 0.1) is 56.2 Å². The number of benzene rings is 1. The molecule has 0 aromatic heterocycles. The molecule has 0 saturated carbocycles. The van der Waals surface area contributed by atoms with Gasteiger partial charge in [0, 0.05) is 19.5 Å². The number of carbonyl (C=O) groups excluding carboxylic acids is 1. The maximum Gasteiger partial charge on any atom is 0.221 e. The molecule has 1 aromatic rings. The number of nitrogens with one attached hydrogen (secondary N) is 2. The number of hydrogen-bond donors (Lipinski definition) is 2. The highest BCUT2D eigenvalue weighted by molar-refractivity contribution is 5.89. The van der Waals surface area contributed by atoms with Crippen LogP contribution in [-0.2, 0) is 14.3 Å². The van der Waals surface area contributed by atoms with E-state index in [0.717, 1.165) is 0 Å². The molecule has 4 unspecified atom stereocenters. The second-order valence-electron chi connectivity index (χ2n) is 7.16. The van der Waals surface area contributed by atoms with Crippen molar-refractivity contribution in [3.8, 4) is 18.2 Å². The monoisotopic (exact) mass is 377 g/mol. The number of carbonyl (C=O) groups is 1. The highest BCUT2D eigenvalue weighted by atomic mass is 16.7. The van der Waals surface area contributed by atoms with Crippen molar-refractivity contribution in [2.45, 2.75) is 39.1 Å². The molecule has 0 spiro atoms. The Morgan fingerprint density at radius 1 is 1.21 bits per heavy atom. The lowest BCUT2D eigenvalue weighted by molar-refractivity contribution is -0.273. The van der Waals surface area contributed by atoms with Gasteiger partial charge in [-0.05, 0) is 24.1 Å². The Labute approximate surface area is 162 Å². The van der Waals surface area contributed by atoms with E-state index in [2.05, 4.69) is 11.4 Å². The summed E-state index contributed by atoms with van der Waals surface area (Å²) in [6, 6.07) is 12.6. The van der Waals surface area contributed by atoms with Gasteiger partial charge in [0.25, 0.3) is 0 Å². The van der Waals surface area contributed by atoms with E-state index in [9.17, 15) is 20.6 Å². The van der Waals surface area contributed by atoms with Crippen LogP contribution in [0.25, 0.3) is 0 Å². The van der Waals surface area contributed by atoms with Gasteiger partial charge in [-0.15, -0.1) is 0 Å². The normalized spacial score (nSPS) is 32.4. The first kappa shape index (κ1) is 19.4. The van der Waals surface area contributed by atoms with Gasteiger partial charge in [0.2, 0.25) is 23.0 Å². The van der Waals surface area contributed by atoms with Gasteiger partial charge in [-0.2, -0.15) is 15.8 Å². The molecular formula is C20H19N5O3. The first-order valence-corrected chi connectivity index (χ1v) is 8.81. The van der Waals surface area contributed by atoms with Gasteiger partial charge in [0.1, 0.15) is 6.10 Å². The molecule has 2 aliphatic heterocycles. The fourth-order valence-corrected chi connectivity index (χ4v) is 4.47. The Kier molecular flexibility index (Phi) is 4.38. The molecule has 2 heterocycles. The van der Waals surface area contributed by atoms with Crippen molar-refractivity contribution in [3.05, 3.63) is 29.8 Å². The van der Waals surface area contributed by atoms with E-state index in [1.165, 1.54) is 6.92 Å². The van der Waals surface area contributed by atoms with E-state index >= 15 is 0 Å². The summed E-state index contributed by atoms with van der Waals surface area (Å²) in [5, 5.41) is 41.2. The van der Waals surface area contributed by atoms with Crippen molar-refractivity contribution in [2.75, 3.05) is 5.32 Å². The molecule has 2 aliphatic rings. The molecule has 0 aliphatic carbocycles. The fraction of sp³-hybridized carbons (Fsp3) is 0.450. The molecule has 1 aromatic carbocycles. The number of fused-ring (bicyclic) bond motifs is 2. The van der Waals surface area contributed by atoms with Crippen LogP contribution < -0.4 is 5.32 Å². The number of hydrogen-bond acceptors (Lipinski definition) is 7. The maximum absolute atomic E-state index is 11.2. The Bertz CT molecular complexity index is 954. The molecule has 2 fully saturated rings. The van der Waals surface area contributed by atoms with Crippen LogP contribution >= 0.6 is 0 Å². The summed E-state index contributed by atoms with van der Waals surface area (Å²) in [6.07, 6.45) is -0.713. The third-order valence-electron chi connectivity index (χ3n) is 5.66. The number of amides is 1. The summed E-state index contributed by atoms with van der Waals surface area (Å²) >= 11 is 0. The van der Waals surface area contributed by atoms with E-state index < -0.39 is 34.5 Å². The van der Waals surface area contributed by atoms with E-state index in [1.807, 2.05) is 19.1 Å². The van der Waals surface area contributed by atoms with Crippen LogP contribution in [0.5, 0.6) is 0 Å². The first-order chi connectivity index (χ1) is 13.2. The summed E-state index contributed by atoms with van der Waals surface area (Å²) < 4.78 is 11.8. The average molecular weight is 377 g/mol. The minimum atomic E-state index is -1.97. The Morgan fingerprint density at radius 2 is 1.82 bits per heavy atom. The molecule has 8 nitrogen and oxygen atoms in total. The first-order valence-electron chi connectivity index (χ1n) is 8.81.